The smallest absolute Gasteiger partial charge is 0.411 e. The first kappa shape index (κ1) is 22.4. The minimum Gasteiger partial charge on any atom is -0.444 e. The minimum atomic E-state index is -1.62. The van der Waals surface area contributed by atoms with Gasteiger partial charge in [0.1, 0.15) is 23.6 Å². The quantitative estimate of drug-likeness (QED) is 0.818. The van der Waals surface area contributed by atoms with E-state index in [0.717, 1.165) is 4.90 Å². The second-order valence-electron chi connectivity index (χ2n) is 7.98. The summed E-state index contributed by atoms with van der Waals surface area (Å²) in [5.41, 5.74) is -0.619. The summed E-state index contributed by atoms with van der Waals surface area (Å²) in [7, 11) is 3.35. The topological polar surface area (TPSA) is 61.9 Å². The van der Waals surface area contributed by atoms with E-state index < -0.39 is 41.7 Å². The molecular formula is C19H26ClF2N3O3. The number of hydrogen-bond acceptors (Lipinski definition) is 4. The first-order valence-corrected chi connectivity index (χ1v) is 9.31. The van der Waals surface area contributed by atoms with Crippen molar-refractivity contribution >= 4 is 23.6 Å². The van der Waals surface area contributed by atoms with Crippen molar-refractivity contribution in [1.29, 1.82) is 0 Å². The van der Waals surface area contributed by atoms with E-state index >= 15 is 4.39 Å². The minimum absolute atomic E-state index is 0.00664. The van der Waals surface area contributed by atoms with Crippen molar-refractivity contribution in [2.45, 2.75) is 51.2 Å². The lowest BCUT2D eigenvalue weighted by atomic mass is 10.1. The fourth-order valence-corrected chi connectivity index (χ4v) is 3.21. The fraction of sp³-hybridized carbons (Fsp3) is 0.579. The molecule has 1 saturated heterocycles. The Morgan fingerprint density at radius 3 is 2.57 bits per heavy atom. The predicted molar refractivity (Wildman–Crippen MR) is 102 cm³/mol. The van der Waals surface area contributed by atoms with E-state index in [1.165, 1.54) is 12.1 Å². The van der Waals surface area contributed by atoms with Crippen LogP contribution in [0.5, 0.6) is 0 Å². The van der Waals surface area contributed by atoms with Crippen molar-refractivity contribution in [3.8, 4) is 0 Å². The lowest BCUT2D eigenvalue weighted by Gasteiger charge is -2.28. The third-order valence-corrected chi connectivity index (χ3v) is 4.73. The normalized spacial score (nSPS) is 22.5. The van der Waals surface area contributed by atoms with Crippen LogP contribution in [0.15, 0.2) is 18.2 Å². The van der Waals surface area contributed by atoms with Crippen LogP contribution >= 0.6 is 11.6 Å². The Kier molecular flexibility index (Phi) is 6.88. The van der Waals surface area contributed by atoms with Gasteiger partial charge in [-0.05, 0) is 40.9 Å². The zero-order valence-electron chi connectivity index (χ0n) is 16.6. The molecule has 0 saturated carbocycles. The van der Waals surface area contributed by atoms with E-state index in [1.54, 1.807) is 45.8 Å². The summed E-state index contributed by atoms with van der Waals surface area (Å²) < 4.78 is 34.4. The molecule has 3 atom stereocenters. The summed E-state index contributed by atoms with van der Waals surface area (Å²) in [6, 6.07) is 2.38. The zero-order valence-corrected chi connectivity index (χ0v) is 17.4. The van der Waals surface area contributed by atoms with E-state index in [9.17, 15) is 14.0 Å². The number of halogens is 3. The number of nitrogens with zero attached hydrogens (tertiary/aromatic N) is 2. The van der Waals surface area contributed by atoms with Crippen LogP contribution in [-0.4, -0.2) is 66.3 Å². The van der Waals surface area contributed by atoms with Gasteiger partial charge < -0.3 is 15.0 Å². The van der Waals surface area contributed by atoms with Gasteiger partial charge in [0.25, 0.3) is 0 Å². The molecule has 28 heavy (non-hydrogen) atoms. The number of alkyl halides is 1. The Balaban J connectivity index is 2.18. The van der Waals surface area contributed by atoms with Crippen LogP contribution < -0.4 is 5.32 Å². The van der Waals surface area contributed by atoms with Gasteiger partial charge in [-0.25, -0.2) is 13.6 Å². The molecule has 0 radical (unpaired) electrons. The number of rotatable bonds is 4. The highest BCUT2D eigenvalue weighted by atomic mass is 35.5. The number of carbonyl (C=O) groups excluding carboxylic acids is 2. The SMILES string of the molecule is CN(C)C1CN(C(=O)OC(C)(C)C)C(C(=O)NCc2cccc(Cl)c2F)C1F. The molecule has 0 spiro atoms. The molecule has 1 aromatic carbocycles. The molecule has 1 fully saturated rings. The number of nitrogens with one attached hydrogen (secondary N) is 1. The van der Waals surface area contributed by atoms with Crippen molar-refractivity contribution in [3.63, 3.8) is 0 Å². The summed E-state index contributed by atoms with van der Waals surface area (Å²) in [5.74, 6) is -1.37. The van der Waals surface area contributed by atoms with E-state index in [-0.39, 0.29) is 23.7 Å². The molecule has 2 amide bonds. The van der Waals surface area contributed by atoms with Crippen LogP contribution in [0.25, 0.3) is 0 Å². The molecule has 1 aliphatic rings. The molecule has 1 aliphatic heterocycles. The van der Waals surface area contributed by atoms with Gasteiger partial charge >= 0.3 is 6.09 Å². The van der Waals surface area contributed by atoms with E-state index in [0.29, 0.717) is 0 Å². The number of likely N-dealkylation sites (tertiary alicyclic amines) is 1. The van der Waals surface area contributed by atoms with Crippen molar-refractivity contribution in [3.05, 3.63) is 34.6 Å². The lowest BCUT2D eigenvalue weighted by Crippen LogP contribution is -2.50. The number of carbonyl (C=O) groups is 2. The highest BCUT2D eigenvalue weighted by molar-refractivity contribution is 6.30. The molecule has 0 aliphatic carbocycles. The average molecular weight is 418 g/mol. The van der Waals surface area contributed by atoms with E-state index in [1.807, 2.05) is 0 Å². The first-order valence-electron chi connectivity index (χ1n) is 8.93. The summed E-state index contributed by atoms with van der Waals surface area (Å²) >= 11 is 5.74. The van der Waals surface area contributed by atoms with Crippen LogP contribution in [0, 0.1) is 5.82 Å². The summed E-state index contributed by atoms with van der Waals surface area (Å²) in [4.78, 5) is 27.9. The molecule has 1 N–H and O–H groups in total. The Morgan fingerprint density at radius 2 is 2.00 bits per heavy atom. The maximum Gasteiger partial charge on any atom is 0.411 e. The van der Waals surface area contributed by atoms with Gasteiger partial charge in [0.15, 0.2) is 0 Å². The summed E-state index contributed by atoms with van der Waals surface area (Å²) in [6.45, 7) is 4.90. The second-order valence-corrected chi connectivity index (χ2v) is 8.39. The maximum absolute atomic E-state index is 15.0. The molecule has 6 nitrogen and oxygen atoms in total. The Bertz CT molecular complexity index is 740. The molecule has 9 heteroatoms. The van der Waals surface area contributed by atoms with Crippen molar-refractivity contribution in [1.82, 2.24) is 15.1 Å². The van der Waals surface area contributed by atoms with Gasteiger partial charge in [0.05, 0.1) is 11.1 Å². The van der Waals surface area contributed by atoms with Gasteiger partial charge in [-0.3, -0.25) is 9.69 Å². The molecule has 2 rings (SSSR count). The van der Waals surface area contributed by atoms with Crippen LogP contribution in [0.1, 0.15) is 26.3 Å². The van der Waals surface area contributed by atoms with Gasteiger partial charge in [0.2, 0.25) is 5.91 Å². The largest absolute Gasteiger partial charge is 0.444 e. The molecular weight excluding hydrogens is 392 g/mol. The zero-order chi connectivity index (χ0) is 21.2. The van der Waals surface area contributed by atoms with Gasteiger partial charge in [-0.1, -0.05) is 23.7 Å². The van der Waals surface area contributed by atoms with Crippen molar-refractivity contribution in [2.75, 3.05) is 20.6 Å². The number of hydrogen-bond donors (Lipinski definition) is 1. The Labute approximate surface area is 168 Å². The highest BCUT2D eigenvalue weighted by Gasteiger charge is 2.50. The Morgan fingerprint density at radius 1 is 1.36 bits per heavy atom. The van der Waals surface area contributed by atoms with Gasteiger partial charge in [-0.2, -0.15) is 0 Å². The summed E-state index contributed by atoms with van der Waals surface area (Å²) in [6.07, 6.45) is -2.39. The number of ether oxygens (including phenoxy) is 1. The van der Waals surface area contributed by atoms with Gasteiger partial charge in [0, 0.05) is 18.7 Å². The highest BCUT2D eigenvalue weighted by Crippen LogP contribution is 2.27. The van der Waals surface area contributed by atoms with Crippen LogP contribution in [-0.2, 0) is 16.1 Å². The predicted octanol–water partition coefficient (Wildman–Crippen LogP) is 2.98. The number of likely N-dealkylation sites (N-methyl/N-ethyl adjacent to an activating group) is 1. The Hall–Kier alpha value is -1.93. The van der Waals surface area contributed by atoms with Crippen molar-refractivity contribution < 1.29 is 23.1 Å². The van der Waals surface area contributed by atoms with E-state index in [4.69, 9.17) is 16.3 Å². The molecule has 1 heterocycles. The van der Waals surface area contributed by atoms with Crippen LogP contribution in [0.2, 0.25) is 5.02 Å². The van der Waals surface area contributed by atoms with Crippen molar-refractivity contribution in [2.24, 2.45) is 0 Å². The maximum atomic E-state index is 15.0. The third-order valence-electron chi connectivity index (χ3n) is 4.43. The van der Waals surface area contributed by atoms with Gasteiger partial charge in [-0.15, -0.1) is 0 Å². The first-order chi connectivity index (χ1) is 12.9. The standard InChI is InChI=1S/C19H26ClF2N3O3/c1-19(2,3)28-18(27)25-10-13(24(4)5)15(22)16(25)17(26)23-9-11-7-6-8-12(20)14(11)21/h6-8,13,15-16H,9-10H2,1-5H3,(H,23,26). The molecule has 156 valence electrons. The molecule has 0 bridgehead atoms. The average Bonchev–Trinajstić information content (AvgIpc) is 2.92. The number of benzene rings is 1. The fourth-order valence-electron chi connectivity index (χ4n) is 3.01. The second kappa shape index (κ2) is 8.61. The lowest BCUT2D eigenvalue weighted by molar-refractivity contribution is -0.127. The van der Waals surface area contributed by atoms with Crippen LogP contribution in [0.4, 0.5) is 13.6 Å². The summed E-state index contributed by atoms with van der Waals surface area (Å²) in [5, 5.41) is 2.43. The molecule has 3 unspecified atom stereocenters. The number of amides is 2. The molecule has 0 aromatic heterocycles. The molecule has 1 aromatic rings. The van der Waals surface area contributed by atoms with Crippen LogP contribution in [0.3, 0.4) is 0 Å². The monoisotopic (exact) mass is 417 g/mol. The third kappa shape index (κ3) is 5.11. The van der Waals surface area contributed by atoms with E-state index in [2.05, 4.69) is 5.32 Å².